The van der Waals surface area contributed by atoms with Crippen LogP contribution >= 0.6 is 11.8 Å². The van der Waals surface area contributed by atoms with Crippen molar-refractivity contribution >= 4 is 29.4 Å². The molecule has 5 nitrogen and oxygen atoms in total. The van der Waals surface area contributed by atoms with Gasteiger partial charge in [0.25, 0.3) is 5.91 Å². The third-order valence-electron chi connectivity index (χ3n) is 5.08. The summed E-state index contributed by atoms with van der Waals surface area (Å²) in [5, 5.41) is 2.99. The van der Waals surface area contributed by atoms with Gasteiger partial charge >= 0.3 is 5.97 Å². The molecule has 0 bridgehead atoms. The van der Waals surface area contributed by atoms with Crippen molar-refractivity contribution in [3.63, 3.8) is 0 Å². The van der Waals surface area contributed by atoms with Gasteiger partial charge in [-0.1, -0.05) is 31.9 Å². The smallest absolute Gasteiger partial charge is 0.307 e. The van der Waals surface area contributed by atoms with Gasteiger partial charge in [0.15, 0.2) is 11.9 Å². The largest absolute Gasteiger partial charge is 0.453 e. The highest BCUT2D eigenvalue weighted by Gasteiger charge is 2.26. The highest BCUT2D eigenvalue weighted by atomic mass is 32.2. The fraction of sp³-hybridized carbons (Fsp3) is 0.571. The van der Waals surface area contributed by atoms with E-state index < -0.39 is 12.1 Å². The number of amides is 1. The normalized spacial score (nSPS) is 20.6. The molecule has 0 spiro atoms. The van der Waals surface area contributed by atoms with E-state index in [-0.39, 0.29) is 30.6 Å². The molecule has 0 heterocycles. The molecular formula is C21H29NO4S. The van der Waals surface area contributed by atoms with Crippen LogP contribution < -0.4 is 5.32 Å². The van der Waals surface area contributed by atoms with Crippen molar-refractivity contribution < 1.29 is 19.1 Å². The quantitative estimate of drug-likeness (QED) is 0.412. The molecule has 1 saturated carbocycles. The number of hydrogen-bond acceptors (Lipinski definition) is 5. The topological polar surface area (TPSA) is 72.5 Å². The lowest BCUT2D eigenvalue weighted by Crippen LogP contribution is -2.46. The molecule has 3 atom stereocenters. The third kappa shape index (κ3) is 6.69. The fourth-order valence-electron chi connectivity index (χ4n) is 3.28. The maximum absolute atomic E-state index is 12.3. The summed E-state index contributed by atoms with van der Waals surface area (Å²) < 4.78 is 5.21. The highest BCUT2D eigenvalue weighted by molar-refractivity contribution is 7.98. The van der Waals surface area contributed by atoms with Crippen LogP contribution in [0.15, 0.2) is 29.2 Å². The first-order valence-electron chi connectivity index (χ1n) is 9.57. The Kier molecular flexibility index (Phi) is 8.35. The number of benzene rings is 1. The van der Waals surface area contributed by atoms with E-state index >= 15 is 0 Å². The molecule has 1 N–H and O–H groups in total. The molecule has 2 rings (SSSR count). The first kappa shape index (κ1) is 21.5. The van der Waals surface area contributed by atoms with E-state index in [2.05, 4.69) is 12.2 Å². The molecule has 0 aromatic heterocycles. The number of rotatable bonds is 8. The second kappa shape index (κ2) is 10.5. The molecule has 1 aliphatic rings. The van der Waals surface area contributed by atoms with E-state index in [0.29, 0.717) is 11.5 Å². The third-order valence-corrected chi connectivity index (χ3v) is 5.83. The zero-order valence-corrected chi connectivity index (χ0v) is 17.1. The van der Waals surface area contributed by atoms with Crippen LogP contribution in [0, 0.1) is 5.92 Å². The highest BCUT2D eigenvalue weighted by Crippen LogP contribution is 2.23. The average Bonchev–Trinajstić information content (AvgIpc) is 2.67. The van der Waals surface area contributed by atoms with Gasteiger partial charge in [0.05, 0.1) is 6.42 Å². The monoisotopic (exact) mass is 391 g/mol. The molecule has 27 heavy (non-hydrogen) atoms. The van der Waals surface area contributed by atoms with Gasteiger partial charge in [-0.15, -0.1) is 11.8 Å². The van der Waals surface area contributed by atoms with Gasteiger partial charge in [-0.3, -0.25) is 14.4 Å². The number of carbonyl (C=O) groups is 3. The van der Waals surface area contributed by atoms with E-state index in [1.54, 1.807) is 30.8 Å². The molecule has 3 unspecified atom stereocenters. The second-order valence-electron chi connectivity index (χ2n) is 7.16. The summed E-state index contributed by atoms with van der Waals surface area (Å²) >= 11 is 1.61. The maximum Gasteiger partial charge on any atom is 0.307 e. The minimum atomic E-state index is -0.845. The minimum Gasteiger partial charge on any atom is -0.453 e. The van der Waals surface area contributed by atoms with Crippen molar-refractivity contribution in [1.82, 2.24) is 5.32 Å². The van der Waals surface area contributed by atoms with Crippen LogP contribution in [0.25, 0.3) is 0 Å². The number of nitrogens with one attached hydrogen (secondary N) is 1. The van der Waals surface area contributed by atoms with Crippen LogP contribution in [0.4, 0.5) is 0 Å². The summed E-state index contributed by atoms with van der Waals surface area (Å²) in [5.74, 6) is -0.446. The van der Waals surface area contributed by atoms with E-state index in [4.69, 9.17) is 4.74 Å². The maximum atomic E-state index is 12.3. The van der Waals surface area contributed by atoms with Gasteiger partial charge in [0, 0.05) is 22.9 Å². The summed E-state index contributed by atoms with van der Waals surface area (Å²) in [4.78, 5) is 37.5. The van der Waals surface area contributed by atoms with Crippen molar-refractivity contribution in [3.8, 4) is 0 Å². The summed E-state index contributed by atoms with van der Waals surface area (Å²) in [6.07, 6.45) is 5.57. The van der Waals surface area contributed by atoms with Gasteiger partial charge < -0.3 is 10.1 Å². The van der Waals surface area contributed by atoms with Gasteiger partial charge in [-0.2, -0.15) is 0 Å². The van der Waals surface area contributed by atoms with Gasteiger partial charge in [-0.05, 0) is 44.1 Å². The summed E-state index contributed by atoms with van der Waals surface area (Å²) in [6.45, 7) is 3.71. The second-order valence-corrected chi connectivity index (χ2v) is 8.04. The lowest BCUT2D eigenvalue weighted by atomic mass is 9.86. The number of Topliss-reactive ketones (excluding diaryl/α,β-unsaturated/α-hetero) is 1. The zero-order chi connectivity index (χ0) is 19.8. The number of esters is 1. The first-order valence-corrected chi connectivity index (χ1v) is 10.8. The first-order chi connectivity index (χ1) is 12.9. The van der Waals surface area contributed by atoms with E-state index in [9.17, 15) is 14.4 Å². The van der Waals surface area contributed by atoms with Crippen molar-refractivity contribution in [1.29, 1.82) is 0 Å². The summed E-state index contributed by atoms with van der Waals surface area (Å²) in [7, 11) is 0. The van der Waals surface area contributed by atoms with Crippen molar-refractivity contribution in [2.75, 3.05) is 6.26 Å². The predicted octanol–water partition coefficient (Wildman–Crippen LogP) is 4.00. The Labute approximate surface area is 165 Å². The minimum absolute atomic E-state index is 0.0272. The average molecular weight is 392 g/mol. The number of carbonyl (C=O) groups excluding carboxylic acids is 3. The van der Waals surface area contributed by atoms with Crippen LogP contribution in [0.5, 0.6) is 0 Å². The summed E-state index contributed by atoms with van der Waals surface area (Å²) in [6, 6.07) is 7.45. The molecule has 1 amide bonds. The Morgan fingerprint density at radius 3 is 2.44 bits per heavy atom. The number of ketones is 1. The Morgan fingerprint density at radius 2 is 1.81 bits per heavy atom. The van der Waals surface area contributed by atoms with Crippen LogP contribution in [0.3, 0.4) is 0 Å². The molecule has 0 saturated heterocycles. The van der Waals surface area contributed by atoms with Crippen molar-refractivity contribution in [3.05, 3.63) is 29.8 Å². The molecule has 148 valence electrons. The van der Waals surface area contributed by atoms with Gasteiger partial charge in [0.2, 0.25) is 0 Å². The SMILES string of the molecule is CSc1ccc(C(=O)CCC(=O)OC(C)C(=O)NC2CCCCC2C)cc1. The number of thioether (sulfide) groups is 1. The summed E-state index contributed by atoms with van der Waals surface area (Å²) in [5.41, 5.74) is 0.581. The Morgan fingerprint density at radius 1 is 1.15 bits per heavy atom. The molecule has 1 aromatic rings. The lowest BCUT2D eigenvalue weighted by molar-refractivity contribution is -0.155. The van der Waals surface area contributed by atoms with Gasteiger partial charge in [0.1, 0.15) is 0 Å². The predicted molar refractivity (Wildman–Crippen MR) is 107 cm³/mol. The van der Waals surface area contributed by atoms with Crippen LogP contribution in [-0.4, -0.2) is 36.1 Å². The fourth-order valence-corrected chi connectivity index (χ4v) is 3.69. The van der Waals surface area contributed by atoms with E-state index in [0.717, 1.165) is 24.2 Å². The molecule has 1 aliphatic carbocycles. The molecule has 1 aromatic carbocycles. The number of hydrogen-bond donors (Lipinski definition) is 1. The Bertz CT molecular complexity index is 659. The van der Waals surface area contributed by atoms with Crippen LogP contribution in [-0.2, 0) is 14.3 Å². The molecule has 0 radical (unpaired) electrons. The van der Waals surface area contributed by atoms with Crippen molar-refractivity contribution in [2.45, 2.75) is 69.4 Å². The molecule has 1 fully saturated rings. The standard InChI is InChI=1S/C21H29NO4S/c1-14-6-4-5-7-18(14)22-21(25)15(2)26-20(24)13-12-19(23)16-8-10-17(27-3)11-9-16/h8-11,14-15,18H,4-7,12-13H2,1-3H3,(H,22,25). The Hall–Kier alpha value is -1.82. The van der Waals surface area contributed by atoms with Crippen LogP contribution in [0.2, 0.25) is 0 Å². The van der Waals surface area contributed by atoms with Gasteiger partial charge in [-0.25, -0.2) is 0 Å². The molecule has 6 heteroatoms. The zero-order valence-electron chi connectivity index (χ0n) is 16.3. The molecular weight excluding hydrogens is 362 g/mol. The van der Waals surface area contributed by atoms with E-state index in [1.165, 1.54) is 6.42 Å². The number of ether oxygens (including phenoxy) is 1. The molecule has 0 aliphatic heterocycles. The Balaban J connectivity index is 1.75. The van der Waals surface area contributed by atoms with Crippen molar-refractivity contribution in [2.24, 2.45) is 5.92 Å². The van der Waals surface area contributed by atoms with Crippen LogP contribution in [0.1, 0.15) is 62.7 Å². The lowest BCUT2D eigenvalue weighted by Gasteiger charge is -2.30. The van der Waals surface area contributed by atoms with E-state index in [1.807, 2.05) is 18.4 Å².